The number of nitrogens with one attached hydrogen (secondary N) is 2. The number of hydrogen-bond donors (Lipinski definition) is 2. The number of rotatable bonds is 11. The Hall–Kier alpha value is -2.71. The molecule has 2 saturated heterocycles. The Bertz CT molecular complexity index is 1160. The van der Waals surface area contributed by atoms with Gasteiger partial charge in [-0.2, -0.15) is 0 Å². The van der Waals surface area contributed by atoms with Crippen LogP contribution >= 0.6 is 0 Å². The predicted molar refractivity (Wildman–Crippen MR) is 160 cm³/mol. The molecule has 1 aliphatic carbocycles. The van der Waals surface area contributed by atoms with Crippen molar-refractivity contribution in [2.24, 2.45) is 23.7 Å². The van der Waals surface area contributed by atoms with E-state index in [1.807, 2.05) is 43.3 Å². The van der Waals surface area contributed by atoms with Crippen molar-refractivity contribution in [2.45, 2.75) is 90.5 Å². The van der Waals surface area contributed by atoms with Crippen LogP contribution in [0.15, 0.2) is 36.4 Å². The van der Waals surface area contributed by atoms with Gasteiger partial charge in [0.05, 0.1) is 17.9 Å². The van der Waals surface area contributed by atoms with Crippen molar-refractivity contribution in [3.05, 3.63) is 42.0 Å². The first-order valence-electron chi connectivity index (χ1n) is 15.8. The van der Waals surface area contributed by atoms with Gasteiger partial charge in [-0.25, -0.2) is 0 Å². The second-order valence-corrected chi connectivity index (χ2v) is 12.8. The Morgan fingerprint density at radius 1 is 1.10 bits per heavy atom. The Kier molecular flexibility index (Phi) is 8.90. The average molecular weight is 565 g/mol. The molecule has 1 saturated carbocycles. The van der Waals surface area contributed by atoms with Gasteiger partial charge >= 0.3 is 0 Å². The second kappa shape index (κ2) is 12.3. The van der Waals surface area contributed by atoms with E-state index in [1.165, 1.54) is 6.42 Å². The lowest BCUT2D eigenvalue weighted by molar-refractivity contribution is -0.141. The molecule has 3 heterocycles. The van der Waals surface area contributed by atoms with Crippen LogP contribution < -0.4 is 10.6 Å². The number of ether oxygens (including phenoxy) is 1. The molecule has 0 radical (unpaired) electrons. The van der Waals surface area contributed by atoms with Crippen LogP contribution in [-0.4, -0.2) is 77.5 Å². The zero-order chi connectivity index (χ0) is 29.3. The average Bonchev–Trinajstić information content (AvgIpc) is 3.57. The third-order valence-corrected chi connectivity index (χ3v) is 9.98. The van der Waals surface area contributed by atoms with Crippen molar-refractivity contribution in [1.82, 2.24) is 15.1 Å². The SMILES string of the molecule is CCCN(CCC)CCN1C(=O)[C@@H]2[C@H](C(=O)Nc3cccc(C)c3)[C@@H]3C=C[C@@]2(O3)[C@@H]1C(=O)N[C@@H]1CCC[C@H](C)[C@H]1C. The zero-order valence-corrected chi connectivity index (χ0v) is 25.4. The highest BCUT2D eigenvalue weighted by molar-refractivity contribution is 6.02. The maximum atomic E-state index is 14.3. The maximum Gasteiger partial charge on any atom is 0.246 e. The number of carbonyl (C=O) groups is 3. The van der Waals surface area contributed by atoms with Crippen LogP contribution in [0.4, 0.5) is 5.69 Å². The molecule has 2 N–H and O–H groups in total. The molecule has 0 aromatic heterocycles. The highest BCUT2D eigenvalue weighted by atomic mass is 16.5. The standard InChI is InChI=1S/C33H48N4O4/c1-6-16-36(17-7-2)18-19-37-29(31(39)35-25-13-9-11-22(4)23(25)5)33-15-14-26(41-33)27(28(33)32(37)40)30(38)34-24-12-8-10-21(3)20-24/h8,10,12,14-15,20,22-23,25-29H,6-7,9,11,13,16-19H2,1-5H3,(H,34,38)(H,35,39)/t22-,23+,25+,26-,27+,28-,29-,33-/m0/s1. The van der Waals surface area contributed by atoms with Crippen LogP contribution in [-0.2, 0) is 19.1 Å². The van der Waals surface area contributed by atoms with E-state index in [0.29, 0.717) is 30.6 Å². The molecule has 8 atom stereocenters. The Morgan fingerprint density at radius 2 is 1.85 bits per heavy atom. The number of carbonyl (C=O) groups excluding carboxylic acids is 3. The second-order valence-electron chi connectivity index (χ2n) is 12.8. The van der Waals surface area contributed by atoms with Gasteiger partial charge in [-0.05, 0) is 68.8 Å². The molecular weight excluding hydrogens is 516 g/mol. The van der Waals surface area contributed by atoms with E-state index in [2.05, 4.69) is 43.2 Å². The number of amides is 3. The van der Waals surface area contributed by atoms with Crippen LogP contribution in [0.1, 0.15) is 65.4 Å². The van der Waals surface area contributed by atoms with Crippen LogP contribution in [0.2, 0.25) is 0 Å². The van der Waals surface area contributed by atoms with Crippen LogP contribution in [0.25, 0.3) is 0 Å². The van der Waals surface area contributed by atoms with Crippen molar-refractivity contribution >= 4 is 23.4 Å². The van der Waals surface area contributed by atoms with E-state index >= 15 is 0 Å². The number of nitrogens with zero attached hydrogens (tertiary/aromatic N) is 2. The van der Waals surface area contributed by atoms with E-state index in [0.717, 1.165) is 44.3 Å². The first kappa shape index (κ1) is 29.8. The summed E-state index contributed by atoms with van der Waals surface area (Å²) in [4.78, 5) is 46.3. The van der Waals surface area contributed by atoms with Gasteiger partial charge in [0.25, 0.3) is 0 Å². The molecule has 1 spiro atoms. The molecule has 1 aromatic carbocycles. The molecule has 4 aliphatic rings. The van der Waals surface area contributed by atoms with Gasteiger partial charge in [-0.15, -0.1) is 0 Å². The summed E-state index contributed by atoms with van der Waals surface area (Å²) in [7, 11) is 0. The minimum atomic E-state index is -1.13. The first-order valence-corrected chi connectivity index (χ1v) is 15.8. The smallest absolute Gasteiger partial charge is 0.246 e. The molecule has 1 aromatic rings. The summed E-state index contributed by atoms with van der Waals surface area (Å²) in [5.74, 6) is -1.07. The monoisotopic (exact) mass is 564 g/mol. The molecule has 3 amide bonds. The number of anilines is 1. The van der Waals surface area contributed by atoms with Gasteiger partial charge in [0.1, 0.15) is 11.6 Å². The summed E-state index contributed by atoms with van der Waals surface area (Å²) in [6.45, 7) is 13.8. The van der Waals surface area contributed by atoms with Gasteiger partial charge in [-0.1, -0.05) is 64.8 Å². The number of benzene rings is 1. The van der Waals surface area contributed by atoms with Crippen molar-refractivity contribution in [3.8, 4) is 0 Å². The van der Waals surface area contributed by atoms with Crippen LogP contribution in [0, 0.1) is 30.6 Å². The fraction of sp³-hybridized carbons (Fsp3) is 0.667. The van der Waals surface area contributed by atoms with E-state index in [9.17, 15) is 14.4 Å². The van der Waals surface area contributed by atoms with Gasteiger partial charge in [-0.3, -0.25) is 14.4 Å². The van der Waals surface area contributed by atoms with Crippen molar-refractivity contribution in [2.75, 3.05) is 31.5 Å². The zero-order valence-electron chi connectivity index (χ0n) is 25.4. The number of likely N-dealkylation sites (tertiary alicyclic amines) is 1. The van der Waals surface area contributed by atoms with Gasteiger partial charge in [0.2, 0.25) is 17.7 Å². The molecule has 8 heteroatoms. The third kappa shape index (κ3) is 5.57. The first-order chi connectivity index (χ1) is 19.7. The Labute approximate surface area is 245 Å². The Balaban J connectivity index is 1.43. The molecule has 224 valence electrons. The molecule has 41 heavy (non-hydrogen) atoms. The number of aryl methyl sites for hydroxylation is 1. The summed E-state index contributed by atoms with van der Waals surface area (Å²) in [5.41, 5.74) is 0.602. The van der Waals surface area contributed by atoms with E-state index in [4.69, 9.17) is 4.74 Å². The van der Waals surface area contributed by atoms with E-state index < -0.39 is 29.6 Å². The van der Waals surface area contributed by atoms with Gasteiger partial charge in [0, 0.05) is 24.8 Å². The maximum absolute atomic E-state index is 14.3. The molecule has 3 fully saturated rings. The van der Waals surface area contributed by atoms with E-state index in [1.54, 1.807) is 4.90 Å². The largest absolute Gasteiger partial charge is 0.359 e. The fourth-order valence-corrected chi connectivity index (χ4v) is 7.72. The lowest BCUT2D eigenvalue weighted by atomic mass is 9.73. The molecule has 0 unspecified atom stereocenters. The summed E-state index contributed by atoms with van der Waals surface area (Å²) < 4.78 is 6.54. The fourth-order valence-electron chi connectivity index (χ4n) is 7.72. The van der Waals surface area contributed by atoms with Crippen LogP contribution in [0.3, 0.4) is 0 Å². The lowest BCUT2D eigenvalue weighted by Gasteiger charge is -2.38. The summed E-state index contributed by atoms with van der Waals surface area (Å²) in [6, 6.07) is 6.91. The third-order valence-electron chi connectivity index (χ3n) is 9.98. The lowest BCUT2D eigenvalue weighted by Crippen LogP contribution is -2.58. The number of hydrogen-bond acceptors (Lipinski definition) is 5. The predicted octanol–water partition coefficient (Wildman–Crippen LogP) is 4.15. The Morgan fingerprint density at radius 3 is 2.56 bits per heavy atom. The molecule has 2 bridgehead atoms. The minimum Gasteiger partial charge on any atom is -0.359 e. The molecular formula is C33H48N4O4. The number of fused-ring (bicyclic) bond motifs is 1. The highest BCUT2D eigenvalue weighted by Crippen LogP contribution is 2.55. The minimum absolute atomic E-state index is 0.0679. The van der Waals surface area contributed by atoms with Gasteiger partial charge < -0.3 is 25.2 Å². The quantitative estimate of drug-likeness (QED) is 0.394. The van der Waals surface area contributed by atoms with Crippen LogP contribution in [0.5, 0.6) is 0 Å². The molecule has 5 rings (SSSR count). The molecule has 3 aliphatic heterocycles. The normalized spacial score (nSPS) is 33.9. The van der Waals surface area contributed by atoms with Gasteiger partial charge in [0.15, 0.2) is 0 Å². The highest BCUT2D eigenvalue weighted by Gasteiger charge is 2.72. The van der Waals surface area contributed by atoms with E-state index in [-0.39, 0.29) is 23.8 Å². The summed E-state index contributed by atoms with van der Waals surface area (Å²) in [6.07, 6.45) is 8.51. The summed E-state index contributed by atoms with van der Waals surface area (Å²) >= 11 is 0. The summed E-state index contributed by atoms with van der Waals surface area (Å²) in [5, 5.41) is 6.37. The van der Waals surface area contributed by atoms with Crippen molar-refractivity contribution in [3.63, 3.8) is 0 Å². The van der Waals surface area contributed by atoms with Crippen molar-refractivity contribution < 1.29 is 19.1 Å². The topological polar surface area (TPSA) is 91.0 Å². The van der Waals surface area contributed by atoms with Crippen molar-refractivity contribution in [1.29, 1.82) is 0 Å². The molecule has 8 nitrogen and oxygen atoms in total.